The van der Waals surface area contributed by atoms with Crippen LogP contribution in [-0.4, -0.2) is 23.5 Å². The minimum absolute atomic E-state index is 0.0526. The zero-order chi connectivity index (χ0) is 14.4. The van der Waals surface area contributed by atoms with Crippen molar-refractivity contribution >= 4 is 16.7 Å². The number of hydrogen-bond acceptors (Lipinski definition) is 3. The molecule has 0 aliphatic carbocycles. The summed E-state index contributed by atoms with van der Waals surface area (Å²) in [6.45, 7) is 5.34. The van der Waals surface area contributed by atoms with Crippen LogP contribution in [0.15, 0.2) is 36.7 Å². The minimum atomic E-state index is -0.185. The third-order valence-electron chi connectivity index (χ3n) is 3.26. The van der Waals surface area contributed by atoms with Gasteiger partial charge in [-0.1, -0.05) is 19.1 Å². The van der Waals surface area contributed by atoms with Gasteiger partial charge in [-0.15, -0.1) is 0 Å². The van der Waals surface area contributed by atoms with Gasteiger partial charge >= 0.3 is 0 Å². The zero-order valence-corrected chi connectivity index (χ0v) is 12.0. The molecule has 1 aromatic carbocycles. The molecular formula is C16H21N3O. The van der Waals surface area contributed by atoms with Crippen LogP contribution in [0.4, 0.5) is 0 Å². The maximum atomic E-state index is 11.8. The lowest BCUT2D eigenvalue weighted by molar-refractivity contribution is -0.122. The minimum Gasteiger partial charge on any atom is -0.355 e. The van der Waals surface area contributed by atoms with Gasteiger partial charge in [0.05, 0.1) is 6.04 Å². The molecule has 0 aliphatic rings. The normalized spacial score (nSPS) is 12.3. The third-order valence-corrected chi connectivity index (χ3v) is 3.26. The molecule has 1 amide bonds. The van der Waals surface area contributed by atoms with Crippen molar-refractivity contribution in [1.82, 2.24) is 15.6 Å². The fraction of sp³-hybridized carbons (Fsp3) is 0.375. The summed E-state index contributed by atoms with van der Waals surface area (Å²) in [5.41, 5.74) is 1.17. The molecule has 1 heterocycles. The van der Waals surface area contributed by atoms with Gasteiger partial charge in [0.2, 0.25) is 5.91 Å². The van der Waals surface area contributed by atoms with Crippen LogP contribution in [-0.2, 0) is 11.3 Å². The largest absolute Gasteiger partial charge is 0.355 e. The molecule has 0 saturated carbocycles. The Morgan fingerprint density at radius 2 is 2.15 bits per heavy atom. The third kappa shape index (κ3) is 3.78. The first-order valence-electron chi connectivity index (χ1n) is 7.04. The molecule has 0 spiro atoms. The summed E-state index contributed by atoms with van der Waals surface area (Å²) < 4.78 is 0. The Hall–Kier alpha value is -1.94. The number of rotatable bonds is 6. The summed E-state index contributed by atoms with van der Waals surface area (Å²) in [7, 11) is 0. The fourth-order valence-electron chi connectivity index (χ4n) is 2.01. The molecule has 0 bridgehead atoms. The summed E-state index contributed by atoms with van der Waals surface area (Å²) in [5, 5.41) is 8.43. The van der Waals surface area contributed by atoms with Crippen LogP contribution in [0.1, 0.15) is 25.8 Å². The van der Waals surface area contributed by atoms with Crippen LogP contribution in [0, 0.1) is 0 Å². The zero-order valence-electron chi connectivity index (χ0n) is 12.0. The van der Waals surface area contributed by atoms with Crippen LogP contribution in [0.25, 0.3) is 10.8 Å². The van der Waals surface area contributed by atoms with E-state index >= 15 is 0 Å². The highest BCUT2D eigenvalue weighted by Crippen LogP contribution is 2.14. The predicted octanol–water partition coefficient (Wildman–Crippen LogP) is 2.24. The topological polar surface area (TPSA) is 54.0 Å². The summed E-state index contributed by atoms with van der Waals surface area (Å²) in [4.78, 5) is 15.9. The Bertz CT molecular complexity index is 583. The molecule has 4 heteroatoms. The van der Waals surface area contributed by atoms with Crippen molar-refractivity contribution in [2.45, 2.75) is 32.9 Å². The summed E-state index contributed by atoms with van der Waals surface area (Å²) in [6, 6.07) is 8.06. The van der Waals surface area contributed by atoms with Crippen LogP contribution in [0.5, 0.6) is 0 Å². The number of carbonyl (C=O) groups is 1. The average molecular weight is 271 g/mol. The number of nitrogens with zero attached hydrogens (tertiary/aromatic N) is 1. The Labute approximate surface area is 119 Å². The van der Waals surface area contributed by atoms with Crippen LogP contribution in [0.2, 0.25) is 0 Å². The summed E-state index contributed by atoms with van der Waals surface area (Å²) in [5.74, 6) is 0.0526. The Balaban J connectivity index is 1.93. The first-order valence-corrected chi connectivity index (χ1v) is 7.04. The Kier molecular flexibility index (Phi) is 5.07. The van der Waals surface area contributed by atoms with Crippen molar-refractivity contribution in [1.29, 1.82) is 0 Å². The van der Waals surface area contributed by atoms with E-state index in [4.69, 9.17) is 0 Å². The molecule has 2 rings (SSSR count). The lowest BCUT2D eigenvalue weighted by Crippen LogP contribution is -2.42. The molecule has 0 radical (unpaired) electrons. The molecule has 1 unspecified atom stereocenters. The van der Waals surface area contributed by atoms with Crippen molar-refractivity contribution in [3.8, 4) is 0 Å². The van der Waals surface area contributed by atoms with Gasteiger partial charge in [-0.05, 0) is 36.4 Å². The first-order chi connectivity index (χ1) is 9.70. The first kappa shape index (κ1) is 14.5. The number of pyridine rings is 1. The quantitative estimate of drug-likeness (QED) is 0.847. The van der Waals surface area contributed by atoms with Gasteiger partial charge < -0.3 is 10.6 Å². The SMILES string of the molecule is CCCNC(=O)C(C)NCc1ccc2cnccc2c1. The fourth-order valence-corrected chi connectivity index (χ4v) is 2.01. The van der Waals surface area contributed by atoms with Crippen LogP contribution >= 0.6 is 0 Å². The second-order valence-electron chi connectivity index (χ2n) is 4.95. The summed E-state index contributed by atoms with van der Waals surface area (Å²) in [6.07, 6.45) is 4.60. The molecule has 20 heavy (non-hydrogen) atoms. The molecule has 1 aromatic heterocycles. The highest BCUT2D eigenvalue weighted by Gasteiger charge is 2.10. The van der Waals surface area contributed by atoms with Gasteiger partial charge in [0, 0.05) is 30.9 Å². The lowest BCUT2D eigenvalue weighted by atomic mass is 10.1. The maximum absolute atomic E-state index is 11.8. The molecular weight excluding hydrogens is 250 g/mol. The Morgan fingerprint density at radius 3 is 2.95 bits per heavy atom. The molecule has 2 N–H and O–H groups in total. The second kappa shape index (κ2) is 7.01. The van der Waals surface area contributed by atoms with Crippen LogP contribution in [0.3, 0.4) is 0 Å². The summed E-state index contributed by atoms with van der Waals surface area (Å²) >= 11 is 0. The molecule has 0 fully saturated rings. The molecule has 1 atom stereocenters. The van der Waals surface area contributed by atoms with Gasteiger partial charge in [0.25, 0.3) is 0 Å². The van der Waals surface area contributed by atoms with Crippen molar-refractivity contribution in [2.75, 3.05) is 6.54 Å². The highest BCUT2D eigenvalue weighted by atomic mass is 16.2. The van der Waals surface area contributed by atoms with E-state index in [1.54, 1.807) is 6.20 Å². The number of aromatic nitrogens is 1. The number of hydrogen-bond donors (Lipinski definition) is 2. The van der Waals surface area contributed by atoms with E-state index in [0.29, 0.717) is 6.54 Å². The molecule has 106 valence electrons. The second-order valence-corrected chi connectivity index (χ2v) is 4.95. The van der Waals surface area contributed by atoms with E-state index in [2.05, 4.69) is 33.8 Å². The molecule has 4 nitrogen and oxygen atoms in total. The molecule has 0 aliphatic heterocycles. The Morgan fingerprint density at radius 1 is 1.30 bits per heavy atom. The van der Waals surface area contributed by atoms with E-state index in [0.717, 1.165) is 18.4 Å². The molecule has 2 aromatic rings. The van der Waals surface area contributed by atoms with Gasteiger partial charge in [0.1, 0.15) is 0 Å². The van der Waals surface area contributed by atoms with Crippen molar-refractivity contribution < 1.29 is 4.79 Å². The van der Waals surface area contributed by atoms with E-state index in [9.17, 15) is 4.79 Å². The van der Waals surface area contributed by atoms with Gasteiger partial charge in [-0.25, -0.2) is 0 Å². The number of carbonyl (C=O) groups excluding carboxylic acids is 1. The van der Waals surface area contributed by atoms with Crippen molar-refractivity contribution in [2.24, 2.45) is 0 Å². The monoisotopic (exact) mass is 271 g/mol. The van der Waals surface area contributed by atoms with Crippen LogP contribution < -0.4 is 10.6 Å². The lowest BCUT2D eigenvalue weighted by Gasteiger charge is -2.14. The average Bonchev–Trinajstić information content (AvgIpc) is 2.50. The number of amides is 1. The van der Waals surface area contributed by atoms with Crippen molar-refractivity contribution in [3.63, 3.8) is 0 Å². The highest BCUT2D eigenvalue weighted by molar-refractivity contribution is 5.82. The number of fused-ring (bicyclic) bond motifs is 1. The maximum Gasteiger partial charge on any atom is 0.236 e. The van der Waals surface area contributed by atoms with E-state index in [1.165, 1.54) is 10.9 Å². The molecule has 0 saturated heterocycles. The van der Waals surface area contributed by atoms with E-state index < -0.39 is 0 Å². The van der Waals surface area contributed by atoms with Gasteiger partial charge in [0.15, 0.2) is 0 Å². The van der Waals surface area contributed by atoms with Gasteiger partial charge in [-0.2, -0.15) is 0 Å². The van der Waals surface area contributed by atoms with E-state index in [-0.39, 0.29) is 11.9 Å². The predicted molar refractivity (Wildman–Crippen MR) is 81.3 cm³/mol. The number of nitrogens with one attached hydrogen (secondary N) is 2. The standard InChI is InChI=1S/C16H21N3O/c1-3-7-18-16(20)12(2)19-10-13-4-5-15-11-17-8-6-14(15)9-13/h4-6,8-9,11-12,19H,3,7,10H2,1-2H3,(H,18,20). The smallest absolute Gasteiger partial charge is 0.236 e. The number of benzene rings is 1. The van der Waals surface area contributed by atoms with E-state index in [1.807, 2.05) is 26.1 Å². The van der Waals surface area contributed by atoms with Gasteiger partial charge in [-0.3, -0.25) is 9.78 Å². The van der Waals surface area contributed by atoms with Crippen molar-refractivity contribution in [3.05, 3.63) is 42.2 Å².